The maximum absolute atomic E-state index is 11.0. The molecule has 20 heavy (non-hydrogen) atoms. The van der Waals surface area contributed by atoms with Crippen LogP contribution in [0.15, 0.2) is 41.8 Å². The van der Waals surface area contributed by atoms with Gasteiger partial charge in [0.15, 0.2) is 5.82 Å². The third-order valence-corrected chi connectivity index (χ3v) is 3.67. The molecule has 0 fully saturated rings. The summed E-state index contributed by atoms with van der Waals surface area (Å²) >= 11 is 1.52. The van der Waals surface area contributed by atoms with Gasteiger partial charge in [-0.05, 0) is 29.6 Å². The number of benzene rings is 1. The van der Waals surface area contributed by atoms with Gasteiger partial charge in [0.1, 0.15) is 5.69 Å². The number of nitrogen functional groups attached to an aromatic ring is 1. The van der Waals surface area contributed by atoms with Crippen LogP contribution in [0.2, 0.25) is 0 Å². The number of carbonyl (C=O) groups is 1. The van der Waals surface area contributed by atoms with Gasteiger partial charge in [0.05, 0.1) is 16.1 Å². The monoisotopic (exact) mass is 286 g/mol. The fourth-order valence-corrected chi connectivity index (χ4v) is 2.56. The van der Waals surface area contributed by atoms with Crippen LogP contribution in [0.3, 0.4) is 0 Å². The molecule has 3 aromatic rings. The van der Waals surface area contributed by atoms with Gasteiger partial charge in [0.25, 0.3) is 0 Å². The summed E-state index contributed by atoms with van der Waals surface area (Å²) in [6.45, 7) is 0. The third-order valence-electron chi connectivity index (χ3n) is 2.80. The predicted molar refractivity (Wildman–Crippen MR) is 76.0 cm³/mol. The Morgan fingerprint density at radius 1 is 1.30 bits per heavy atom. The van der Waals surface area contributed by atoms with Gasteiger partial charge in [-0.25, -0.2) is 4.79 Å². The molecule has 0 spiro atoms. The Kier molecular flexibility index (Phi) is 2.96. The topological polar surface area (TPSA) is 94.0 Å². The summed E-state index contributed by atoms with van der Waals surface area (Å²) in [5.41, 5.74) is 7.39. The second-order valence-corrected chi connectivity index (χ2v) is 5.02. The van der Waals surface area contributed by atoms with E-state index in [0.717, 1.165) is 4.88 Å². The number of anilines is 1. The molecule has 0 bridgehead atoms. The number of rotatable bonds is 3. The molecule has 0 aliphatic carbocycles. The molecule has 0 atom stereocenters. The zero-order valence-corrected chi connectivity index (χ0v) is 11.0. The van der Waals surface area contributed by atoms with Gasteiger partial charge >= 0.3 is 5.97 Å². The fraction of sp³-hybridized carbons (Fsp3) is 0. The van der Waals surface area contributed by atoms with E-state index in [4.69, 9.17) is 10.8 Å². The van der Waals surface area contributed by atoms with Crippen molar-refractivity contribution in [2.24, 2.45) is 0 Å². The number of hydrogen-bond donors (Lipinski definition) is 2. The van der Waals surface area contributed by atoms with Crippen LogP contribution in [0.4, 0.5) is 5.82 Å². The maximum atomic E-state index is 11.0. The zero-order chi connectivity index (χ0) is 14.1. The lowest BCUT2D eigenvalue weighted by atomic mass is 10.2. The van der Waals surface area contributed by atoms with Gasteiger partial charge in [-0.2, -0.15) is 4.68 Å². The number of nitrogens with zero attached hydrogens (tertiary/aromatic N) is 3. The Balaban J connectivity index is 2.08. The molecule has 0 aliphatic heterocycles. The molecule has 0 saturated carbocycles. The van der Waals surface area contributed by atoms with Crippen LogP contribution < -0.4 is 5.73 Å². The smallest absolute Gasteiger partial charge is 0.335 e. The van der Waals surface area contributed by atoms with Crippen LogP contribution in [-0.2, 0) is 0 Å². The predicted octanol–water partition coefficient (Wildman–Crippen LogP) is 2.28. The van der Waals surface area contributed by atoms with Gasteiger partial charge < -0.3 is 10.8 Å². The summed E-state index contributed by atoms with van der Waals surface area (Å²) in [7, 11) is 0. The van der Waals surface area contributed by atoms with E-state index < -0.39 is 5.97 Å². The van der Waals surface area contributed by atoms with E-state index >= 15 is 0 Å². The van der Waals surface area contributed by atoms with E-state index in [0.29, 0.717) is 17.2 Å². The van der Waals surface area contributed by atoms with E-state index in [2.05, 4.69) is 10.3 Å². The van der Waals surface area contributed by atoms with Crippen LogP contribution in [0.5, 0.6) is 0 Å². The number of nitrogens with two attached hydrogens (primary N) is 1. The van der Waals surface area contributed by atoms with Crippen molar-refractivity contribution in [2.45, 2.75) is 0 Å². The Morgan fingerprint density at radius 3 is 2.85 bits per heavy atom. The molecule has 0 unspecified atom stereocenters. The van der Waals surface area contributed by atoms with Crippen molar-refractivity contribution in [2.75, 3.05) is 5.73 Å². The van der Waals surface area contributed by atoms with E-state index in [1.165, 1.54) is 28.2 Å². The van der Waals surface area contributed by atoms with Crippen molar-refractivity contribution in [3.8, 4) is 16.3 Å². The first-order valence-electron chi connectivity index (χ1n) is 5.75. The van der Waals surface area contributed by atoms with Crippen LogP contribution in [-0.4, -0.2) is 26.1 Å². The highest BCUT2D eigenvalue weighted by Gasteiger charge is 2.14. The van der Waals surface area contributed by atoms with Gasteiger partial charge in [-0.1, -0.05) is 17.3 Å². The zero-order valence-electron chi connectivity index (χ0n) is 10.2. The van der Waals surface area contributed by atoms with Crippen LogP contribution in [0.1, 0.15) is 10.4 Å². The number of aromatic nitrogens is 3. The van der Waals surface area contributed by atoms with Crippen molar-refractivity contribution in [1.82, 2.24) is 15.0 Å². The van der Waals surface area contributed by atoms with Gasteiger partial charge in [-0.3, -0.25) is 0 Å². The van der Waals surface area contributed by atoms with E-state index in [-0.39, 0.29) is 5.56 Å². The van der Waals surface area contributed by atoms with Crippen LogP contribution >= 0.6 is 11.3 Å². The van der Waals surface area contributed by atoms with E-state index in [1.807, 2.05) is 17.5 Å². The molecule has 7 heteroatoms. The summed E-state index contributed by atoms with van der Waals surface area (Å²) in [5.74, 6) is -0.612. The molecule has 6 nitrogen and oxygen atoms in total. The Labute approximate surface area is 118 Å². The normalized spacial score (nSPS) is 10.6. The van der Waals surface area contributed by atoms with E-state index in [1.54, 1.807) is 12.1 Å². The highest BCUT2D eigenvalue weighted by atomic mass is 32.1. The highest BCUT2D eigenvalue weighted by molar-refractivity contribution is 7.13. The number of carboxylic acids is 1. The molecule has 0 aliphatic rings. The first kappa shape index (κ1) is 12.4. The minimum absolute atomic E-state index is 0.176. The molecule has 0 radical (unpaired) electrons. The van der Waals surface area contributed by atoms with Crippen LogP contribution in [0, 0.1) is 0 Å². The van der Waals surface area contributed by atoms with Gasteiger partial charge in [0, 0.05) is 0 Å². The minimum atomic E-state index is -0.996. The summed E-state index contributed by atoms with van der Waals surface area (Å²) < 4.78 is 1.43. The molecular formula is C13H10N4O2S. The van der Waals surface area contributed by atoms with Crippen molar-refractivity contribution in [3.63, 3.8) is 0 Å². The SMILES string of the molecule is Nc1c(-c2cccs2)nnn1-c1cccc(C(=O)O)c1. The molecule has 0 saturated heterocycles. The minimum Gasteiger partial charge on any atom is -0.478 e. The van der Waals surface area contributed by atoms with Crippen molar-refractivity contribution >= 4 is 23.1 Å². The number of carboxylic acid groups (broad SMARTS) is 1. The molecule has 2 heterocycles. The summed E-state index contributed by atoms with van der Waals surface area (Å²) in [5, 5.41) is 19.0. The first-order chi connectivity index (χ1) is 9.66. The number of aromatic carboxylic acids is 1. The lowest BCUT2D eigenvalue weighted by molar-refractivity contribution is 0.0697. The second-order valence-electron chi connectivity index (χ2n) is 4.07. The number of hydrogen-bond acceptors (Lipinski definition) is 5. The average Bonchev–Trinajstić information content (AvgIpc) is 3.08. The molecule has 2 aromatic heterocycles. The van der Waals surface area contributed by atoms with Crippen LogP contribution in [0.25, 0.3) is 16.3 Å². The molecular weight excluding hydrogens is 276 g/mol. The Bertz CT molecular complexity index is 765. The van der Waals surface area contributed by atoms with Crippen molar-refractivity contribution in [1.29, 1.82) is 0 Å². The summed E-state index contributed by atoms with van der Waals surface area (Å²) in [4.78, 5) is 11.9. The molecule has 100 valence electrons. The van der Waals surface area contributed by atoms with Gasteiger partial charge in [0.2, 0.25) is 0 Å². The number of thiophene rings is 1. The standard InChI is InChI=1S/C13H10N4O2S/c14-12-11(10-5-2-6-20-10)15-16-17(12)9-4-1-3-8(7-9)13(18)19/h1-7H,14H2,(H,18,19). The van der Waals surface area contributed by atoms with Crippen molar-refractivity contribution < 1.29 is 9.90 Å². The van der Waals surface area contributed by atoms with E-state index in [9.17, 15) is 4.79 Å². The Morgan fingerprint density at radius 2 is 2.15 bits per heavy atom. The first-order valence-corrected chi connectivity index (χ1v) is 6.63. The lowest BCUT2D eigenvalue weighted by Gasteiger charge is -2.04. The summed E-state index contributed by atoms with van der Waals surface area (Å²) in [6, 6.07) is 10.2. The second kappa shape index (κ2) is 4.78. The maximum Gasteiger partial charge on any atom is 0.335 e. The summed E-state index contributed by atoms with van der Waals surface area (Å²) in [6.07, 6.45) is 0. The molecule has 1 aromatic carbocycles. The largest absolute Gasteiger partial charge is 0.478 e. The molecule has 0 amide bonds. The lowest BCUT2D eigenvalue weighted by Crippen LogP contribution is -2.04. The average molecular weight is 286 g/mol. The molecule has 3 rings (SSSR count). The van der Waals surface area contributed by atoms with Gasteiger partial charge in [-0.15, -0.1) is 16.4 Å². The third kappa shape index (κ3) is 2.04. The fourth-order valence-electron chi connectivity index (χ4n) is 1.84. The Hall–Kier alpha value is -2.67. The highest BCUT2D eigenvalue weighted by Crippen LogP contribution is 2.28. The quantitative estimate of drug-likeness (QED) is 0.770. The molecule has 3 N–H and O–H groups in total. The van der Waals surface area contributed by atoms with Crippen molar-refractivity contribution in [3.05, 3.63) is 47.3 Å².